The van der Waals surface area contributed by atoms with Gasteiger partial charge in [0.15, 0.2) is 5.78 Å². The molecule has 0 atom stereocenters. The zero-order valence-corrected chi connectivity index (χ0v) is 12.3. The van der Waals surface area contributed by atoms with Crippen LogP contribution in [0.4, 0.5) is 0 Å². The molecular weight excluding hydrogens is 236 g/mol. The molecule has 2 nitrogen and oxygen atoms in total. The first-order valence-corrected chi connectivity index (χ1v) is 7.46. The summed E-state index contributed by atoms with van der Waals surface area (Å²) in [7, 11) is 0. The van der Waals surface area contributed by atoms with E-state index in [0.717, 1.165) is 43.6 Å². The predicted octanol–water partition coefficient (Wildman–Crippen LogP) is 4.51. The zero-order valence-electron chi connectivity index (χ0n) is 12.3. The highest BCUT2D eigenvalue weighted by atomic mass is 16.5. The monoisotopic (exact) mass is 260 g/mol. The Morgan fingerprint density at radius 1 is 1.32 bits per heavy atom. The fourth-order valence-corrected chi connectivity index (χ4v) is 2.63. The SMILES string of the molecule is CCCC(=O)c1cc2c(c(C(C)C)c1)OCCCC2. The summed E-state index contributed by atoms with van der Waals surface area (Å²) in [6.07, 6.45) is 4.82. The highest BCUT2D eigenvalue weighted by Crippen LogP contribution is 2.34. The average molecular weight is 260 g/mol. The molecule has 0 saturated carbocycles. The number of benzene rings is 1. The topological polar surface area (TPSA) is 26.3 Å². The molecular formula is C17H24O2. The molecule has 0 amide bonds. The molecule has 2 rings (SSSR count). The molecule has 0 radical (unpaired) electrons. The standard InChI is InChI=1S/C17H24O2/c1-4-7-16(18)14-10-13-8-5-6-9-19-17(13)15(11-14)12(2)3/h10-12H,4-9H2,1-3H3. The van der Waals surface area contributed by atoms with Crippen LogP contribution in [0, 0.1) is 0 Å². The van der Waals surface area contributed by atoms with E-state index in [-0.39, 0.29) is 5.78 Å². The van der Waals surface area contributed by atoms with Gasteiger partial charge in [-0.1, -0.05) is 20.8 Å². The van der Waals surface area contributed by atoms with Gasteiger partial charge in [0.1, 0.15) is 5.75 Å². The van der Waals surface area contributed by atoms with Gasteiger partial charge in [0, 0.05) is 12.0 Å². The van der Waals surface area contributed by atoms with Crippen LogP contribution < -0.4 is 4.74 Å². The van der Waals surface area contributed by atoms with Crippen LogP contribution in [0.5, 0.6) is 5.75 Å². The summed E-state index contributed by atoms with van der Waals surface area (Å²) in [5.41, 5.74) is 3.29. The second kappa shape index (κ2) is 6.23. The highest BCUT2D eigenvalue weighted by molar-refractivity contribution is 5.96. The maximum absolute atomic E-state index is 12.2. The van der Waals surface area contributed by atoms with Crippen LogP contribution in [0.25, 0.3) is 0 Å². The largest absolute Gasteiger partial charge is 0.493 e. The number of carbonyl (C=O) groups excluding carboxylic acids is 1. The van der Waals surface area contributed by atoms with Gasteiger partial charge in [0.25, 0.3) is 0 Å². The fraction of sp³-hybridized carbons (Fsp3) is 0.588. The molecule has 0 bridgehead atoms. The number of ketones is 1. The summed E-state index contributed by atoms with van der Waals surface area (Å²) in [4.78, 5) is 12.2. The van der Waals surface area contributed by atoms with Gasteiger partial charge < -0.3 is 4.74 Å². The van der Waals surface area contributed by atoms with Crippen molar-refractivity contribution >= 4 is 5.78 Å². The lowest BCUT2D eigenvalue weighted by Gasteiger charge is -2.17. The Morgan fingerprint density at radius 2 is 2.11 bits per heavy atom. The second-order valence-electron chi connectivity index (χ2n) is 5.69. The molecule has 1 heterocycles. The van der Waals surface area contributed by atoms with Crippen LogP contribution in [0.15, 0.2) is 12.1 Å². The van der Waals surface area contributed by atoms with Crippen LogP contribution in [0.3, 0.4) is 0 Å². The molecule has 1 aliphatic rings. The Morgan fingerprint density at radius 3 is 2.79 bits per heavy atom. The summed E-state index contributed by atoms with van der Waals surface area (Å²) in [5, 5.41) is 0. The van der Waals surface area contributed by atoms with Crippen molar-refractivity contribution < 1.29 is 9.53 Å². The molecule has 0 saturated heterocycles. The first-order chi connectivity index (χ1) is 9.13. The van der Waals surface area contributed by atoms with E-state index in [9.17, 15) is 4.79 Å². The summed E-state index contributed by atoms with van der Waals surface area (Å²) < 4.78 is 5.92. The minimum Gasteiger partial charge on any atom is -0.493 e. The Kier molecular flexibility index (Phi) is 4.62. The minimum absolute atomic E-state index is 0.261. The molecule has 0 aromatic heterocycles. The van der Waals surface area contributed by atoms with Crippen molar-refractivity contribution in [3.63, 3.8) is 0 Å². The van der Waals surface area contributed by atoms with Crippen LogP contribution in [0.1, 0.15) is 73.9 Å². The van der Waals surface area contributed by atoms with Crippen molar-refractivity contribution in [2.45, 2.75) is 58.8 Å². The van der Waals surface area contributed by atoms with Crippen molar-refractivity contribution in [3.05, 3.63) is 28.8 Å². The summed E-state index contributed by atoms with van der Waals surface area (Å²) >= 11 is 0. The number of aryl methyl sites for hydroxylation is 1. The zero-order chi connectivity index (χ0) is 13.8. The van der Waals surface area contributed by atoms with Crippen molar-refractivity contribution in [2.75, 3.05) is 6.61 Å². The van der Waals surface area contributed by atoms with Crippen molar-refractivity contribution in [2.24, 2.45) is 0 Å². The highest BCUT2D eigenvalue weighted by Gasteiger charge is 2.19. The molecule has 1 aromatic rings. The maximum atomic E-state index is 12.2. The van der Waals surface area contributed by atoms with E-state index in [4.69, 9.17) is 4.74 Å². The molecule has 0 fully saturated rings. The fourth-order valence-electron chi connectivity index (χ4n) is 2.63. The van der Waals surface area contributed by atoms with Crippen LogP contribution in [-0.4, -0.2) is 12.4 Å². The van der Waals surface area contributed by atoms with Gasteiger partial charge in [0.2, 0.25) is 0 Å². The minimum atomic E-state index is 0.261. The van der Waals surface area contributed by atoms with E-state index in [1.165, 1.54) is 11.1 Å². The lowest BCUT2D eigenvalue weighted by Crippen LogP contribution is -2.06. The quantitative estimate of drug-likeness (QED) is 0.745. The van der Waals surface area contributed by atoms with E-state index in [1.807, 2.05) is 13.0 Å². The van der Waals surface area contributed by atoms with Crippen LogP contribution in [-0.2, 0) is 6.42 Å². The first kappa shape index (κ1) is 14.1. The number of carbonyl (C=O) groups is 1. The van der Waals surface area contributed by atoms with Crippen LogP contribution in [0.2, 0.25) is 0 Å². The average Bonchev–Trinajstić information content (AvgIpc) is 2.62. The Bertz CT molecular complexity index is 461. The van der Waals surface area contributed by atoms with Crippen molar-refractivity contribution in [1.29, 1.82) is 0 Å². The molecule has 19 heavy (non-hydrogen) atoms. The Hall–Kier alpha value is -1.31. The van der Waals surface area contributed by atoms with E-state index in [0.29, 0.717) is 12.3 Å². The lowest BCUT2D eigenvalue weighted by atomic mass is 9.92. The normalized spacial score (nSPS) is 14.7. The summed E-state index contributed by atoms with van der Waals surface area (Å²) in [6.45, 7) is 7.18. The number of ether oxygens (including phenoxy) is 1. The molecule has 0 aliphatic carbocycles. The van der Waals surface area contributed by atoms with Gasteiger partial charge in [-0.2, -0.15) is 0 Å². The molecule has 1 aliphatic heterocycles. The third-order valence-corrected chi connectivity index (χ3v) is 3.70. The molecule has 1 aromatic carbocycles. The predicted molar refractivity (Wildman–Crippen MR) is 78.2 cm³/mol. The smallest absolute Gasteiger partial charge is 0.162 e. The van der Waals surface area contributed by atoms with Gasteiger partial charge in [-0.3, -0.25) is 4.79 Å². The Labute approximate surface area is 116 Å². The third kappa shape index (κ3) is 3.17. The molecule has 0 N–H and O–H groups in total. The first-order valence-electron chi connectivity index (χ1n) is 7.46. The second-order valence-corrected chi connectivity index (χ2v) is 5.69. The van der Waals surface area contributed by atoms with E-state index in [2.05, 4.69) is 19.9 Å². The van der Waals surface area contributed by atoms with Gasteiger partial charge >= 0.3 is 0 Å². The van der Waals surface area contributed by atoms with Gasteiger partial charge in [0.05, 0.1) is 6.61 Å². The van der Waals surface area contributed by atoms with Gasteiger partial charge in [-0.15, -0.1) is 0 Å². The van der Waals surface area contributed by atoms with Gasteiger partial charge in [-0.05, 0) is 54.9 Å². The number of fused-ring (bicyclic) bond motifs is 1. The lowest BCUT2D eigenvalue weighted by molar-refractivity contribution is 0.0981. The number of Topliss-reactive ketones (excluding diaryl/α,β-unsaturated/α-hetero) is 1. The van der Waals surface area contributed by atoms with Crippen molar-refractivity contribution in [3.8, 4) is 5.75 Å². The summed E-state index contributed by atoms with van der Waals surface area (Å²) in [5.74, 6) is 1.69. The van der Waals surface area contributed by atoms with E-state index < -0.39 is 0 Å². The molecule has 104 valence electrons. The van der Waals surface area contributed by atoms with Crippen LogP contribution >= 0.6 is 0 Å². The summed E-state index contributed by atoms with van der Waals surface area (Å²) in [6, 6.07) is 4.11. The van der Waals surface area contributed by atoms with Crippen molar-refractivity contribution in [1.82, 2.24) is 0 Å². The number of hydrogen-bond acceptors (Lipinski definition) is 2. The molecule has 0 spiro atoms. The number of hydrogen-bond donors (Lipinski definition) is 0. The Balaban J connectivity index is 2.45. The van der Waals surface area contributed by atoms with E-state index >= 15 is 0 Å². The maximum Gasteiger partial charge on any atom is 0.162 e. The molecule has 0 unspecified atom stereocenters. The van der Waals surface area contributed by atoms with E-state index in [1.54, 1.807) is 0 Å². The molecule has 2 heteroatoms. The van der Waals surface area contributed by atoms with Gasteiger partial charge in [-0.25, -0.2) is 0 Å². The number of rotatable bonds is 4. The third-order valence-electron chi connectivity index (χ3n) is 3.70.